The van der Waals surface area contributed by atoms with Crippen molar-refractivity contribution in [2.75, 3.05) is 0 Å². The summed E-state index contributed by atoms with van der Waals surface area (Å²) in [7, 11) is 0. The Morgan fingerprint density at radius 1 is 1.20 bits per heavy atom. The molecule has 1 aromatic heterocycles. The number of rotatable bonds is 1. The molecule has 0 amide bonds. The summed E-state index contributed by atoms with van der Waals surface area (Å²) in [5.74, 6) is -1.16. The standard InChI is InChI=1S/C7H7N.C4H2O3/c1-2-7-5-3-4-6-8-7;5-3-1-2-4(6)7-3/h2-6H,1H2;1-2H. The van der Waals surface area contributed by atoms with Crippen LogP contribution >= 0.6 is 0 Å². The molecule has 0 bridgehead atoms. The highest BCUT2D eigenvalue weighted by molar-refractivity contribution is 6.04. The van der Waals surface area contributed by atoms with Crippen LogP contribution in [0.5, 0.6) is 0 Å². The first-order valence-corrected chi connectivity index (χ1v) is 4.19. The van der Waals surface area contributed by atoms with Crippen molar-refractivity contribution in [2.45, 2.75) is 0 Å². The zero-order chi connectivity index (χ0) is 11.1. The van der Waals surface area contributed by atoms with E-state index in [0.717, 1.165) is 17.8 Å². The van der Waals surface area contributed by atoms with E-state index in [-0.39, 0.29) is 0 Å². The number of ether oxygens (including phenoxy) is 1. The van der Waals surface area contributed by atoms with E-state index in [4.69, 9.17) is 0 Å². The Morgan fingerprint density at radius 2 is 1.87 bits per heavy atom. The van der Waals surface area contributed by atoms with Gasteiger partial charge in [-0.3, -0.25) is 4.98 Å². The third kappa shape index (κ3) is 3.99. The molecule has 0 atom stereocenters. The number of esters is 2. The molecular weight excluding hydrogens is 194 g/mol. The van der Waals surface area contributed by atoms with Crippen LogP contribution in [0.4, 0.5) is 0 Å². The Morgan fingerprint density at radius 3 is 2.13 bits per heavy atom. The fraction of sp³-hybridized carbons (Fsp3) is 0. The maximum Gasteiger partial charge on any atom is 0.338 e. The summed E-state index contributed by atoms with van der Waals surface area (Å²) in [5, 5.41) is 0. The van der Waals surface area contributed by atoms with Crippen molar-refractivity contribution in [2.24, 2.45) is 0 Å². The number of hydrogen-bond donors (Lipinski definition) is 0. The number of nitrogens with zero attached hydrogens (tertiary/aromatic N) is 1. The van der Waals surface area contributed by atoms with Gasteiger partial charge in [0.05, 0.1) is 5.69 Å². The van der Waals surface area contributed by atoms with Gasteiger partial charge in [0.25, 0.3) is 0 Å². The van der Waals surface area contributed by atoms with Crippen molar-refractivity contribution >= 4 is 18.0 Å². The first-order chi connectivity index (χ1) is 7.22. The predicted octanol–water partition coefficient (Wildman–Crippen LogP) is 1.35. The maximum atomic E-state index is 9.92. The summed E-state index contributed by atoms with van der Waals surface area (Å²) in [6, 6.07) is 5.73. The average molecular weight is 203 g/mol. The second kappa shape index (κ2) is 5.49. The lowest BCUT2D eigenvalue weighted by molar-refractivity contribution is -0.150. The molecule has 1 aromatic rings. The molecule has 0 N–H and O–H groups in total. The van der Waals surface area contributed by atoms with E-state index in [2.05, 4.69) is 16.3 Å². The molecular formula is C11H9NO3. The van der Waals surface area contributed by atoms with Gasteiger partial charge in [0.15, 0.2) is 0 Å². The molecule has 0 fully saturated rings. The Hall–Kier alpha value is -2.23. The number of cyclic esters (lactones) is 2. The van der Waals surface area contributed by atoms with Gasteiger partial charge in [-0.2, -0.15) is 0 Å². The number of carbonyl (C=O) groups is 2. The van der Waals surface area contributed by atoms with E-state index in [9.17, 15) is 9.59 Å². The van der Waals surface area contributed by atoms with Crippen molar-refractivity contribution in [1.82, 2.24) is 4.98 Å². The summed E-state index contributed by atoms with van der Waals surface area (Å²) in [6.45, 7) is 3.57. The van der Waals surface area contributed by atoms with Crippen LogP contribution in [0, 0.1) is 0 Å². The SMILES string of the molecule is C=Cc1ccccn1.O=C1C=CC(=O)O1. The largest absolute Gasteiger partial charge is 0.387 e. The third-order valence-electron chi connectivity index (χ3n) is 1.45. The molecule has 0 unspecified atom stereocenters. The molecule has 4 nitrogen and oxygen atoms in total. The Kier molecular flexibility index (Phi) is 3.97. The van der Waals surface area contributed by atoms with Crippen LogP contribution in [0.1, 0.15) is 5.69 Å². The minimum Gasteiger partial charge on any atom is -0.387 e. The number of carbonyl (C=O) groups excluding carboxylic acids is 2. The van der Waals surface area contributed by atoms with Gasteiger partial charge in [0, 0.05) is 18.3 Å². The molecule has 0 saturated carbocycles. The summed E-state index contributed by atoms with van der Waals surface area (Å²) in [5.41, 5.74) is 0.924. The molecule has 76 valence electrons. The van der Waals surface area contributed by atoms with Crippen LogP contribution in [0.15, 0.2) is 43.1 Å². The molecule has 15 heavy (non-hydrogen) atoms. The highest BCUT2D eigenvalue weighted by atomic mass is 16.6. The van der Waals surface area contributed by atoms with E-state index < -0.39 is 11.9 Å². The van der Waals surface area contributed by atoms with Crippen molar-refractivity contribution in [3.63, 3.8) is 0 Å². The van der Waals surface area contributed by atoms with Crippen molar-refractivity contribution in [1.29, 1.82) is 0 Å². The van der Waals surface area contributed by atoms with Gasteiger partial charge in [-0.05, 0) is 18.2 Å². The van der Waals surface area contributed by atoms with Crippen LogP contribution in [0.3, 0.4) is 0 Å². The topological polar surface area (TPSA) is 56.3 Å². The van der Waals surface area contributed by atoms with Crippen LogP contribution in [0.25, 0.3) is 6.08 Å². The fourth-order valence-corrected chi connectivity index (χ4v) is 0.800. The second-order valence-electron chi connectivity index (χ2n) is 2.53. The van der Waals surface area contributed by atoms with Gasteiger partial charge >= 0.3 is 11.9 Å². The van der Waals surface area contributed by atoms with Crippen molar-refractivity contribution in [3.05, 3.63) is 48.8 Å². The normalized spacial score (nSPS) is 12.8. The summed E-state index contributed by atoms with van der Waals surface area (Å²) in [6.07, 6.45) is 5.64. The van der Waals surface area contributed by atoms with E-state index in [0.29, 0.717) is 0 Å². The molecule has 0 aliphatic carbocycles. The van der Waals surface area contributed by atoms with Gasteiger partial charge in [0.2, 0.25) is 0 Å². The molecule has 2 rings (SSSR count). The lowest BCUT2D eigenvalue weighted by atomic mass is 10.4. The van der Waals surface area contributed by atoms with Gasteiger partial charge in [-0.15, -0.1) is 0 Å². The van der Waals surface area contributed by atoms with Crippen LogP contribution in [-0.2, 0) is 14.3 Å². The smallest absolute Gasteiger partial charge is 0.338 e. The van der Waals surface area contributed by atoms with E-state index in [1.54, 1.807) is 12.3 Å². The number of aromatic nitrogens is 1. The van der Waals surface area contributed by atoms with Crippen molar-refractivity contribution < 1.29 is 14.3 Å². The maximum absolute atomic E-state index is 9.92. The third-order valence-corrected chi connectivity index (χ3v) is 1.45. The van der Waals surface area contributed by atoms with Crippen LogP contribution < -0.4 is 0 Å². The van der Waals surface area contributed by atoms with Crippen LogP contribution in [-0.4, -0.2) is 16.9 Å². The molecule has 0 saturated heterocycles. The number of hydrogen-bond acceptors (Lipinski definition) is 4. The zero-order valence-electron chi connectivity index (χ0n) is 7.92. The van der Waals surface area contributed by atoms with E-state index in [1.165, 1.54) is 0 Å². The van der Waals surface area contributed by atoms with E-state index >= 15 is 0 Å². The molecule has 1 aliphatic heterocycles. The first kappa shape index (κ1) is 10.8. The molecule has 0 spiro atoms. The molecule has 2 heterocycles. The molecule has 0 aromatic carbocycles. The minimum atomic E-state index is -0.579. The predicted molar refractivity (Wildman–Crippen MR) is 54.6 cm³/mol. The lowest BCUT2D eigenvalue weighted by Gasteiger charge is -1.84. The van der Waals surface area contributed by atoms with Crippen molar-refractivity contribution in [3.8, 4) is 0 Å². The second-order valence-corrected chi connectivity index (χ2v) is 2.53. The Labute approximate surface area is 86.9 Å². The summed E-state index contributed by atoms with van der Waals surface area (Å²) >= 11 is 0. The Bertz CT molecular complexity index is 380. The zero-order valence-corrected chi connectivity index (χ0v) is 7.92. The minimum absolute atomic E-state index is 0.579. The van der Waals surface area contributed by atoms with Gasteiger partial charge < -0.3 is 4.74 Å². The van der Waals surface area contributed by atoms with Gasteiger partial charge in [-0.25, -0.2) is 9.59 Å². The van der Waals surface area contributed by atoms with Gasteiger partial charge in [-0.1, -0.05) is 12.6 Å². The van der Waals surface area contributed by atoms with Crippen LogP contribution in [0.2, 0.25) is 0 Å². The average Bonchev–Trinajstić information content (AvgIpc) is 2.65. The highest BCUT2D eigenvalue weighted by Crippen LogP contribution is 1.92. The quantitative estimate of drug-likeness (QED) is 0.510. The molecule has 0 radical (unpaired) electrons. The fourth-order valence-electron chi connectivity index (χ4n) is 0.800. The molecule has 1 aliphatic rings. The number of pyridine rings is 1. The summed E-state index contributed by atoms with van der Waals surface area (Å²) in [4.78, 5) is 23.8. The molecule has 4 heteroatoms. The summed E-state index contributed by atoms with van der Waals surface area (Å²) < 4.78 is 3.97. The highest BCUT2D eigenvalue weighted by Gasteiger charge is 2.10. The Balaban J connectivity index is 0.000000151. The first-order valence-electron chi connectivity index (χ1n) is 4.19. The lowest BCUT2D eigenvalue weighted by Crippen LogP contribution is -1.96. The van der Waals surface area contributed by atoms with E-state index in [1.807, 2.05) is 18.2 Å². The van der Waals surface area contributed by atoms with Gasteiger partial charge in [0.1, 0.15) is 0 Å². The monoisotopic (exact) mass is 203 g/mol.